The van der Waals surface area contributed by atoms with Gasteiger partial charge in [0.2, 0.25) is 0 Å². The van der Waals surface area contributed by atoms with Crippen molar-refractivity contribution in [2.75, 3.05) is 0 Å². The third-order valence-electron chi connectivity index (χ3n) is 2.41. The molecule has 0 aliphatic heterocycles. The van der Waals surface area contributed by atoms with Gasteiger partial charge in [0, 0.05) is 12.1 Å². The minimum Gasteiger partial charge on any atom is -0.409 e. The molecule has 0 saturated carbocycles. The Hall–Kier alpha value is -2.25. The van der Waals surface area contributed by atoms with Gasteiger partial charge in [0.15, 0.2) is 5.84 Å². The Labute approximate surface area is 106 Å². The van der Waals surface area contributed by atoms with Crippen molar-refractivity contribution >= 4 is 11.7 Å². The normalized spacial score (nSPS) is 12.4. The lowest BCUT2D eigenvalue weighted by atomic mass is 10.0. The van der Waals surface area contributed by atoms with Gasteiger partial charge >= 0.3 is 0 Å². The Morgan fingerprint density at radius 3 is 2.21 bits per heavy atom. The van der Waals surface area contributed by atoms with E-state index in [1.165, 1.54) is 13.8 Å². The van der Waals surface area contributed by atoms with Gasteiger partial charge in [0.1, 0.15) is 23.0 Å². The summed E-state index contributed by atoms with van der Waals surface area (Å²) in [6.45, 7) is 2.72. The maximum atomic E-state index is 13.4. The first-order valence-electron chi connectivity index (χ1n) is 5.14. The maximum absolute atomic E-state index is 13.4. The highest BCUT2D eigenvalue weighted by Gasteiger charge is 2.29. The summed E-state index contributed by atoms with van der Waals surface area (Å²) in [5.74, 6) is -5.33. The number of nitrogens with two attached hydrogens (primary N) is 1. The molecule has 104 valence electrons. The topological polar surface area (TPSA) is 87.7 Å². The van der Waals surface area contributed by atoms with E-state index in [9.17, 15) is 18.0 Å². The molecule has 19 heavy (non-hydrogen) atoms. The minimum absolute atomic E-state index is 0.358. The van der Waals surface area contributed by atoms with Crippen molar-refractivity contribution in [3.63, 3.8) is 0 Å². The first-order valence-corrected chi connectivity index (χ1v) is 5.14. The van der Waals surface area contributed by atoms with Crippen molar-refractivity contribution in [1.29, 1.82) is 0 Å². The molecule has 0 spiro atoms. The molecule has 1 amide bonds. The molecule has 1 aromatic carbocycles. The summed E-state index contributed by atoms with van der Waals surface area (Å²) in [4.78, 5) is 11.7. The SMILES string of the molecule is CC(C)(NC(=O)c1c(F)cc(F)cc1F)C(N)=NO. The number of carbonyl (C=O) groups is 1. The van der Waals surface area contributed by atoms with Crippen LogP contribution in [0.5, 0.6) is 0 Å². The Morgan fingerprint density at radius 1 is 1.32 bits per heavy atom. The van der Waals surface area contributed by atoms with Crippen LogP contribution in [0.15, 0.2) is 17.3 Å². The van der Waals surface area contributed by atoms with Crippen molar-refractivity contribution in [2.45, 2.75) is 19.4 Å². The van der Waals surface area contributed by atoms with Crippen LogP contribution in [0.4, 0.5) is 13.2 Å². The number of nitrogens with one attached hydrogen (secondary N) is 1. The van der Waals surface area contributed by atoms with E-state index in [1.807, 2.05) is 0 Å². The Kier molecular flexibility index (Phi) is 4.03. The highest BCUT2D eigenvalue weighted by molar-refractivity contribution is 6.00. The molecule has 0 fully saturated rings. The number of amidine groups is 1. The van der Waals surface area contributed by atoms with Crippen LogP contribution in [0.3, 0.4) is 0 Å². The van der Waals surface area contributed by atoms with Gasteiger partial charge in [-0.05, 0) is 13.8 Å². The van der Waals surface area contributed by atoms with Crippen LogP contribution in [-0.2, 0) is 0 Å². The van der Waals surface area contributed by atoms with E-state index < -0.39 is 34.5 Å². The summed E-state index contributed by atoms with van der Waals surface area (Å²) in [5, 5.41) is 13.4. The van der Waals surface area contributed by atoms with E-state index in [1.54, 1.807) is 0 Å². The molecule has 0 aliphatic carbocycles. The third-order valence-corrected chi connectivity index (χ3v) is 2.41. The summed E-state index contributed by atoms with van der Waals surface area (Å²) in [5.41, 5.74) is 3.04. The standard InChI is InChI=1S/C11H12F3N3O2/c1-11(2,10(15)17-19)16-9(18)8-6(13)3-5(12)4-7(8)14/h3-4,19H,1-2H3,(H2,15,17)(H,16,18). The summed E-state index contributed by atoms with van der Waals surface area (Å²) < 4.78 is 39.4. The summed E-state index contributed by atoms with van der Waals surface area (Å²) in [6, 6.07) is 0.767. The lowest BCUT2D eigenvalue weighted by molar-refractivity contribution is 0.0922. The molecule has 1 aromatic rings. The van der Waals surface area contributed by atoms with Crippen LogP contribution in [0.1, 0.15) is 24.2 Å². The van der Waals surface area contributed by atoms with Crippen LogP contribution < -0.4 is 11.1 Å². The number of benzene rings is 1. The molecule has 0 atom stereocenters. The minimum atomic E-state index is -1.34. The summed E-state index contributed by atoms with van der Waals surface area (Å²) in [7, 11) is 0. The molecule has 0 radical (unpaired) electrons. The van der Waals surface area contributed by atoms with E-state index >= 15 is 0 Å². The smallest absolute Gasteiger partial charge is 0.258 e. The number of halogens is 3. The molecular formula is C11H12F3N3O2. The number of rotatable bonds is 3. The first kappa shape index (κ1) is 14.8. The molecule has 4 N–H and O–H groups in total. The monoisotopic (exact) mass is 275 g/mol. The maximum Gasteiger partial charge on any atom is 0.258 e. The fourth-order valence-electron chi connectivity index (χ4n) is 1.29. The van der Waals surface area contributed by atoms with Gasteiger partial charge in [0.05, 0.1) is 5.54 Å². The molecular weight excluding hydrogens is 263 g/mol. The van der Waals surface area contributed by atoms with Crippen molar-refractivity contribution in [2.24, 2.45) is 10.9 Å². The summed E-state index contributed by atoms with van der Waals surface area (Å²) in [6.07, 6.45) is 0. The van der Waals surface area contributed by atoms with E-state index in [0.29, 0.717) is 12.1 Å². The van der Waals surface area contributed by atoms with Gasteiger partial charge in [0.25, 0.3) is 5.91 Å². The fourth-order valence-corrected chi connectivity index (χ4v) is 1.29. The van der Waals surface area contributed by atoms with E-state index in [0.717, 1.165) is 0 Å². The number of nitrogens with zero attached hydrogens (tertiary/aromatic N) is 1. The average molecular weight is 275 g/mol. The second-order valence-corrected chi connectivity index (χ2v) is 4.31. The second kappa shape index (κ2) is 5.17. The number of amides is 1. The third kappa shape index (κ3) is 3.15. The van der Waals surface area contributed by atoms with Gasteiger partial charge in [-0.25, -0.2) is 13.2 Å². The van der Waals surface area contributed by atoms with Gasteiger partial charge in [-0.15, -0.1) is 0 Å². The van der Waals surface area contributed by atoms with E-state index in [-0.39, 0.29) is 5.84 Å². The molecule has 0 saturated heterocycles. The number of hydrogen-bond acceptors (Lipinski definition) is 3. The molecule has 0 heterocycles. The van der Waals surface area contributed by atoms with Crippen LogP contribution in [-0.4, -0.2) is 22.5 Å². The Morgan fingerprint density at radius 2 is 1.79 bits per heavy atom. The molecule has 1 rings (SSSR count). The van der Waals surface area contributed by atoms with Gasteiger partial charge in [-0.2, -0.15) is 0 Å². The molecule has 0 aliphatic rings. The largest absolute Gasteiger partial charge is 0.409 e. The van der Waals surface area contributed by atoms with E-state index in [4.69, 9.17) is 10.9 Å². The quantitative estimate of drug-likeness (QED) is 0.337. The predicted molar refractivity (Wildman–Crippen MR) is 61.3 cm³/mol. The van der Waals surface area contributed by atoms with Crippen LogP contribution in [0.25, 0.3) is 0 Å². The van der Waals surface area contributed by atoms with E-state index in [2.05, 4.69) is 10.5 Å². The zero-order valence-corrected chi connectivity index (χ0v) is 10.2. The molecule has 0 bridgehead atoms. The average Bonchev–Trinajstić information content (AvgIpc) is 2.25. The van der Waals surface area contributed by atoms with Gasteiger partial charge in [-0.3, -0.25) is 4.79 Å². The number of oxime groups is 1. The van der Waals surface area contributed by atoms with Crippen LogP contribution in [0.2, 0.25) is 0 Å². The highest BCUT2D eigenvalue weighted by atomic mass is 19.1. The fraction of sp³-hybridized carbons (Fsp3) is 0.273. The first-order chi connectivity index (χ1) is 8.69. The molecule has 0 unspecified atom stereocenters. The highest BCUT2D eigenvalue weighted by Crippen LogP contribution is 2.16. The lowest BCUT2D eigenvalue weighted by Crippen LogP contribution is -2.53. The van der Waals surface area contributed by atoms with Gasteiger partial charge in [-0.1, -0.05) is 5.16 Å². The lowest BCUT2D eigenvalue weighted by Gasteiger charge is -2.24. The van der Waals surface area contributed by atoms with Gasteiger partial charge < -0.3 is 16.3 Å². The second-order valence-electron chi connectivity index (χ2n) is 4.31. The molecule has 0 aromatic heterocycles. The molecule has 5 nitrogen and oxygen atoms in total. The van der Waals surface area contributed by atoms with Crippen molar-refractivity contribution in [3.8, 4) is 0 Å². The Bertz CT molecular complexity index is 521. The zero-order valence-electron chi connectivity index (χ0n) is 10.2. The molecule has 8 heteroatoms. The summed E-state index contributed by atoms with van der Waals surface area (Å²) >= 11 is 0. The van der Waals surface area contributed by atoms with Crippen LogP contribution >= 0.6 is 0 Å². The predicted octanol–water partition coefficient (Wildman–Crippen LogP) is 1.36. The van der Waals surface area contributed by atoms with Crippen molar-refractivity contribution in [3.05, 3.63) is 35.1 Å². The zero-order chi connectivity index (χ0) is 14.8. The van der Waals surface area contributed by atoms with Crippen molar-refractivity contribution < 1.29 is 23.2 Å². The number of hydrogen-bond donors (Lipinski definition) is 3. The number of carbonyl (C=O) groups excluding carboxylic acids is 1. The van der Waals surface area contributed by atoms with Crippen LogP contribution in [0, 0.1) is 17.5 Å². The Balaban J connectivity index is 3.10. The van der Waals surface area contributed by atoms with Crippen molar-refractivity contribution in [1.82, 2.24) is 5.32 Å².